The number of nitrogens with zero attached hydrogens (tertiary/aromatic N) is 2. The molecule has 5 heteroatoms. The van der Waals surface area contributed by atoms with Crippen LogP contribution in [0, 0.1) is 5.92 Å². The molecular weight excluding hydrogens is 230 g/mol. The fourth-order valence-electron chi connectivity index (χ4n) is 2.30. The van der Waals surface area contributed by atoms with Crippen molar-refractivity contribution in [2.24, 2.45) is 5.92 Å². The van der Waals surface area contributed by atoms with Gasteiger partial charge in [-0.15, -0.1) is 0 Å². The van der Waals surface area contributed by atoms with Crippen LogP contribution >= 0.6 is 0 Å². The van der Waals surface area contributed by atoms with E-state index in [2.05, 4.69) is 10.3 Å². The van der Waals surface area contributed by atoms with Crippen LogP contribution in [0.15, 0.2) is 18.5 Å². The molecule has 0 atom stereocenters. The third kappa shape index (κ3) is 3.20. The summed E-state index contributed by atoms with van der Waals surface area (Å²) in [5, 5.41) is 12.6. The molecule has 0 bridgehead atoms. The van der Waals surface area contributed by atoms with Crippen LogP contribution in [-0.2, 0) is 0 Å². The van der Waals surface area contributed by atoms with Crippen molar-refractivity contribution in [3.05, 3.63) is 24.0 Å². The smallest absolute Gasteiger partial charge is 0.255 e. The minimum atomic E-state index is -0.0862. The Kier molecular flexibility index (Phi) is 4.15. The van der Waals surface area contributed by atoms with Crippen LogP contribution in [0.1, 0.15) is 23.2 Å². The first-order valence-corrected chi connectivity index (χ1v) is 6.27. The topological polar surface area (TPSA) is 65.5 Å². The average Bonchev–Trinajstić information content (AvgIpc) is 2.39. The molecule has 1 fully saturated rings. The van der Waals surface area contributed by atoms with Gasteiger partial charge in [-0.05, 0) is 37.9 Å². The largest absolute Gasteiger partial charge is 0.506 e. The Morgan fingerprint density at radius 2 is 2.22 bits per heavy atom. The van der Waals surface area contributed by atoms with E-state index in [1.807, 2.05) is 0 Å². The maximum atomic E-state index is 12.1. The molecule has 18 heavy (non-hydrogen) atoms. The van der Waals surface area contributed by atoms with Crippen LogP contribution in [0.4, 0.5) is 0 Å². The average molecular weight is 249 g/mol. The molecule has 1 aromatic rings. The van der Waals surface area contributed by atoms with Crippen LogP contribution in [0.2, 0.25) is 0 Å². The molecule has 0 aromatic carbocycles. The van der Waals surface area contributed by atoms with Crippen molar-refractivity contribution in [1.82, 2.24) is 15.2 Å². The number of nitrogens with one attached hydrogen (secondary N) is 1. The van der Waals surface area contributed by atoms with Crippen LogP contribution in [-0.4, -0.2) is 47.6 Å². The molecular formula is C13H19N3O2. The summed E-state index contributed by atoms with van der Waals surface area (Å²) in [6, 6.07) is 1.45. The zero-order chi connectivity index (χ0) is 13.0. The zero-order valence-corrected chi connectivity index (χ0v) is 10.6. The third-order valence-corrected chi connectivity index (χ3v) is 3.31. The number of hydrogen-bond acceptors (Lipinski definition) is 4. The van der Waals surface area contributed by atoms with Gasteiger partial charge in [-0.25, -0.2) is 0 Å². The van der Waals surface area contributed by atoms with Crippen LogP contribution < -0.4 is 5.32 Å². The van der Waals surface area contributed by atoms with Gasteiger partial charge in [0.25, 0.3) is 5.91 Å². The number of aromatic hydroxyl groups is 1. The lowest BCUT2D eigenvalue weighted by Gasteiger charge is -2.27. The first-order valence-electron chi connectivity index (χ1n) is 6.27. The van der Waals surface area contributed by atoms with Crippen molar-refractivity contribution < 1.29 is 9.90 Å². The summed E-state index contributed by atoms with van der Waals surface area (Å²) in [5.41, 5.74) is 0.437. The van der Waals surface area contributed by atoms with Gasteiger partial charge in [0.05, 0.1) is 11.8 Å². The van der Waals surface area contributed by atoms with E-state index in [0.717, 1.165) is 32.5 Å². The lowest BCUT2D eigenvalue weighted by molar-refractivity contribution is 0.0762. The number of aromatic nitrogens is 1. The molecule has 98 valence electrons. The van der Waals surface area contributed by atoms with E-state index < -0.39 is 0 Å². The molecule has 0 spiro atoms. The Morgan fingerprint density at radius 3 is 2.89 bits per heavy atom. The van der Waals surface area contributed by atoms with Gasteiger partial charge in [0, 0.05) is 19.8 Å². The van der Waals surface area contributed by atoms with Crippen molar-refractivity contribution >= 4 is 5.91 Å². The summed E-state index contributed by atoms with van der Waals surface area (Å²) in [4.78, 5) is 17.7. The molecule has 2 rings (SSSR count). The van der Waals surface area contributed by atoms with Crippen LogP contribution in [0.5, 0.6) is 5.75 Å². The zero-order valence-electron chi connectivity index (χ0n) is 10.6. The summed E-state index contributed by atoms with van der Waals surface area (Å²) < 4.78 is 0. The van der Waals surface area contributed by atoms with Gasteiger partial charge in [-0.2, -0.15) is 0 Å². The second kappa shape index (κ2) is 5.82. The fourth-order valence-corrected chi connectivity index (χ4v) is 2.30. The second-order valence-electron chi connectivity index (χ2n) is 4.81. The maximum absolute atomic E-state index is 12.1. The number of hydrogen-bond donors (Lipinski definition) is 2. The van der Waals surface area contributed by atoms with E-state index >= 15 is 0 Å². The lowest BCUT2D eigenvalue weighted by Crippen LogP contribution is -2.37. The summed E-state index contributed by atoms with van der Waals surface area (Å²) in [6.45, 7) is 2.82. The number of carbonyl (C=O) groups excluding carboxylic acids is 1. The summed E-state index contributed by atoms with van der Waals surface area (Å²) >= 11 is 0. The summed E-state index contributed by atoms with van der Waals surface area (Å²) in [5.74, 6) is 0.499. The molecule has 1 aliphatic heterocycles. The van der Waals surface area contributed by atoms with E-state index in [1.165, 1.54) is 18.5 Å². The molecule has 5 nitrogen and oxygen atoms in total. The summed E-state index contributed by atoms with van der Waals surface area (Å²) in [7, 11) is 1.80. The van der Waals surface area contributed by atoms with Gasteiger partial charge in [-0.1, -0.05) is 0 Å². The van der Waals surface area contributed by atoms with Gasteiger partial charge >= 0.3 is 0 Å². The van der Waals surface area contributed by atoms with Crippen molar-refractivity contribution in [3.63, 3.8) is 0 Å². The Labute approximate surface area is 107 Å². The van der Waals surface area contributed by atoms with Gasteiger partial charge in [0.1, 0.15) is 5.75 Å². The van der Waals surface area contributed by atoms with E-state index in [-0.39, 0.29) is 11.7 Å². The second-order valence-corrected chi connectivity index (χ2v) is 4.81. The van der Waals surface area contributed by atoms with Crippen molar-refractivity contribution in [3.8, 4) is 5.75 Å². The number of pyridine rings is 1. The minimum Gasteiger partial charge on any atom is -0.506 e. The number of amides is 1. The molecule has 1 saturated heterocycles. The van der Waals surface area contributed by atoms with Gasteiger partial charge < -0.3 is 15.3 Å². The standard InChI is InChI=1S/C13H19N3O2/c1-16(9-10-2-4-14-5-3-10)13(18)11-6-12(17)8-15-7-11/h6-8,10,14,17H,2-5,9H2,1H3. The highest BCUT2D eigenvalue weighted by atomic mass is 16.3. The molecule has 0 aliphatic carbocycles. The quantitative estimate of drug-likeness (QED) is 0.834. The Morgan fingerprint density at radius 1 is 1.50 bits per heavy atom. The normalized spacial score (nSPS) is 16.5. The molecule has 0 saturated carbocycles. The number of carbonyl (C=O) groups is 1. The van der Waals surface area contributed by atoms with Gasteiger partial charge in [0.2, 0.25) is 0 Å². The van der Waals surface area contributed by atoms with E-state index in [4.69, 9.17) is 0 Å². The highest BCUT2D eigenvalue weighted by Crippen LogP contribution is 2.15. The van der Waals surface area contributed by atoms with Crippen molar-refractivity contribution in [1.29, 1.82) is 0 Å². The van der Waals surface area contributed by atoms with Crippen LogP contribution in [0.3, 0.4) is 0 Å². The predicted molar refractivity (Wildman–Crippen MR) is 68.5 cm³/mol. The van der Waals surface area contributed by atoms with Crippen molar-refractivity contribution in [2.75, 3.05) is 26.7 Å². The maximum Gasteiger partial charge on any atom is 0.255 e. The van der Waals surface area contributed by atoms with Gasteiger partial charge in [0.15, 0.2) is 0 Å². The number of rotatable bonds is 3. The Hall–Kier alpha value is -1.62. The SMILES string of the molecule is CN(CC1CCNCC1)C(=O)c1cncc(O)c1. The monoisotopic (exact) mass is 249 g/mol. The van der Waals surface area contributed by atoms with E-state index in [9.17, 15) is 9.90 Å². The van der Waals surface area contributed by atoms with Crippen molar-refractivity contribution in [2.45, 2.75) is 12.8 Å². The molecule has 1 amide bonds. The molecule has 2 N–H and O–H groups in total. The highest BCUT2D eigenvalue weighted by molar-refractivity contribution is 5.94. The van der Waals surface area contributed by atoms with E-state index in [1.54, 1.807) is 11.9 Å². The van der Waals surface area contributed by atoms with Gasteiger partial charge in [-0.3, -0.25) is 9.78 Å². The first-order chi connectivity index (χ1) is 8.66. The third-order valence-electron chi connectivity index (χ3n) is 3.31. The number of piperidine rings is 1. The molecule has 0 unspecified atom stereocenters. The summed E-state index contributed by atoms with van der Waals surface area (Å²) in [6.07, 6.45) is 5.02. The predicted octanol–water partition coefficient (Wildman–Crippen LogP) is 0.859. The highest BCUT2D eigenvalue weighted by Gasteiger charge is 2.19. The Bertz CT molecular complexity index is 416. The molecule has 1 aliphatic rings. The first kappa shape index (κ1) is 12.8. The Balaban J connectivity index is 1.95. The molecule has 2 heterocycles. The molecule has 0 radical (unpaired) electrons. The fraction of sp³-hybridized carbons (Fsp3) is 0.538. The molecule has 1 aromatic heterocycles. The lowest BCUT2D eigenvalue weighted by atomic mass is 9.97. The van der Waals surface area contributed by atoms with Crippen LogP contribution in [0.25, 0.3) is 0 Å². The minimum absolute atomic E-state index is 0.0242. The van der Waals surface area contributed by atoms with E-state index in [0.29, 0.717) is 11.5 Å².